The van der Waals surface area contributed by atoms with Gasteiger partial charge in [-0.25, -0.2) is 9.59 Å². The SMILES string of the molecule is COC(=O)C1=CN([C@@H](C(=O)OC)c2ccccc2)C(=O)CC1. The van der Waals surface area contributed by atoms with Gasteiger partial charge in [-0.2, -0.15) is 0 Å². The molecule has 1 amide bonds. The van der Waals surface area contributed by atoms with Crippen molar-refractivity contribution in [2.45, 2.75) is 18.9 Å². The molecule has 0 radical (unpaired) electrons. The standard InChI is InChI=1S/C16H17NO5/c1-21-15(19)12-8-9-13(18)17(10-12)14(16(20)22-2)11-6-4-3-5-7-11/h3-7,10,14H,8-9H2,1-2H3/t14-/m1/s1. The molecule has 116 valence electrons. The van der Waals surface area contributed by atoms with Crippen molar-refractivity contribution in [3.8, 4) is 0 Å². The van der Waals surface area contributed by atoms with Gasteiger partial charge < -0.3 is 14.4 Å². The van der Waals surface area contributed by atoms with Crippen LogP contribution in [0.4, 0.5) is 0 Å². The van der Waals surface area contributed by atoms with Gasteiger partial charge in [0.2, 0.25) is 5.91 Å². The Labute approximate surface area is 128 Å². The molecule has 0 saturated heterocycles. The zero-order valence-corrected chi connectivity index (χ0v) is 12.4. The lowest BCUT2D eigenvalue weighted by atomic mass is 10.0. The van der Waals surface area contributed by atoms with Gasteiger partial charge in [-0.1, -0.05) is 30.3 Å². The minimum atomic E-state index is -0.918. The summed E-state index contributed by atoms with van der Waals surface area (Å²) < 4.78 is 9.50. The van der Waals surface area contributed by atoms with Crippen molar-refractivity contribution in [1.82, 2.24) is 4.90 Å². The molecular weight excluding hydrogens is 286 g/mol. The van der Waals surface area contributed by atoms with Gasteiger partial charge in [0.15, 0.2) is 6.04 Å². The predicted octanol–water partition coefficient (Wildman–Crippen LogP) is 1.58. The molecule has 0 unspecified atom stereocenters. The lowest BCUT2D eigenvalue weighted by Crippen LogP contribution is -2.38. The topological polar surface area (TPSA) is 72.9 Å². The fraction of sp³-hybridized carbons (Fsp3) is 0.312. The Morgan fingerprint density at radius 3 is 2.36 bits per heavy atom. The number of ether oxygens (including phenoxy) is 2. The first kappa shape index (κ1) is 15.8. The van der Waals surface area contributed by atoms with Crippen molar-refractivity contribution < 1.29 is 23.9 Å². The third-order valence-corrected chi connectivity index (χ3v) is 3.46. The highest BCUT2D eigenvalue weighted by molar-refractivity contribution is 5.94. The summed E-state index contributed by atoms with van der Waals surface area (Å²) in [4.78, 5) is 37.3. The zero-order valence-electron chi connectivity index (χ0n) is 12.4. The highest BCUT2D eigenvalue weighted by Gasteiger charge is 2.34. The third kappa shape index (κ3) is 3.16. The Kier molecular flexibility index (Phi) is 4.93. The largest absolute Gasteiger partial charge is 0.467 e. The van der Waals surface area contributed by atoms with E-state index in [0.717, 1.165) is 0 Å². The second kappa shape index (κ2) is 6.89. The molecule has 0 saturated carbocycles. The first-order valence-electron chi connectivity index (χ1n) is 6.81. The van der Waals surface area contributed by atoms with Crippen LogP contribution in [0.25, 0.3) is 0 Å². The molecule has 6 nitrogen and oxygen atoms in total. The molecule has 1 aliphatic heterocycles. The van der Waals surface area contributed by atoms with Crippen LogP contribution in [0.2, 0.25) is 0 Å². The molecular formula is C16H17NO5. The van der Waals surface area contributed by atoms with Crippen molar-refractivity contribution >= 4 is 17.8 Å². The van der Waals surface area contributed by atoms with Crippen LogP contribution < -0.4 is 0 Å². The molecule has 1 aromatic rings. The maximum absolute atomic E-state index is 12.2. The summed E-state index contributed by atoms with van der Waals surface area (Å²) in [6.45, 7) is 0. The molecule has 1 aromatic carbocycles. The van der Waals surface area contributed by atoms with E-state index >= 15 is 0 Å². The molecule has 0 N–H and O–H groups in total. The molecule has 1 heterocycles. The summed E-state index contributed by atoms with van der Waals surface area (Å²) in [5.41, 5.74) is 0.969. The minimum Gasteiger partial charge on any atom is -0.467 e. The van der Waals surface area contributed by atoms with Gasteiger partial charge in [0, 0.05) is 12.6 Å². The number of benzene rings is 1. The third-order valence-electron chi connectivity index (χ3n) is 3.46. The van der Waals surface area contributed by atoms with Crippen molar-refractivity contribution in [3.63, 3.8) is 0 Å². The van der Waals surface area contributed by atoms with Gasteiger partial charge >= 0.3 is 11.9 Å². The van der Waals surface area contributed by atoms with Crippen molar-refractivity contribution in [2.24, 2.45) is 0 Å². The average molecular weight is 303 g/mol. The van der Waals surface area contributed by atoms with Crippen LogP contribution in [0, 0.1) is 0 Å². The maximum atomic E-state index is 12.2. The summed E-state index contributed by atoms with van der Waals surface area (Å²) in [6, 6.07) is 7.89. The van der Waals surface area contributed by atoms with Gasteiger partial charge in [-0.15, -0.1) is 0 Å². The van der Waals surface area contributed by atoms with Gasteiger partial charge in [0.25, 0.3) is 0 Å². The Bertz CT molecular complexity index is 608. The number of hydrogen-bond donors (Lipinski definition) is 0. The van der Waals surface area contributed by atoms with Gasteiger partial charge in [0.1, 0.15) is 0 Å². The number of methoxy groups -OCH3 is 2. The summed E-state index contributed by atoms with van der Waals surface area (Å²) in [7, 11) is 2.54. The van der Waals surface area contributed by atoms with E-state index in [4.69, 9.17) is 4.74 Å². The van der Waals surface area contributed by atoms with Crippen molar-refractivity contribution in [1.29, 1.82) is 0 Å². The highest BCUT2D eigenvalue weighted by atomic mass is 16.5. The van der Waals surface area contributed by atoms with Gasteiger partial charge in [-0.05, 0) is 12.0 Å². The maximum Gasteiger partial charge on any atom is 0.335 e. The molecule has 0 spiro atoms. The molecule has 0 aliphatic carbocycles. The predicted molar refractivity (Wildman–Crippen MR) is 77.4 cm³/mol. The average Bonchev–Trinajstić information content (AvgIpc) is 2.56. The minimum absolute atomic E-state index is 0.140. The number of carbonyl (C=O) groups excluding carboxylic acids is 3. The second-order valence-electron chi connectivity index (χ2n) is 4.78. The lowest BCUT2D eigenvalue weighted by Gasteiger charge is -2.30. The summed E-state index contributed by atoms with van der Waals surface area (Å²) in [6.07, 6.45) is 1.82. The Morgan fingerprint density at radius 2 is 1.77 bits per heavy atom. The van der Waals surface area contributed by atoms with E-state index in [0.29, 0.717) is 17.6 Å². The smallest absolute Gasteiger partial charge is 0.335 e. The molecule has 0 bridgehead atoms. The van der Waals surface area contributed by atoms with Crippen LogP contribution >= 0.6 is 0 Å². The van der Waals surface area contributed by atoms with E-state index in [2.05, 4.69) is 4.74 Å². The van der Waals surface area contributed by atoms with Crippen LogP contribution in [-0.4, -0.2) is 37.0 Å². The van der Waals surface area contributed by atoms with Crippen molar-refractivity contribution in [3.05, 3.63) is 47.7 Å². The highest BCUT2D eigenvalue weighted by Crippen LogP contribution is 2.28. The number of nitrogens with zero attached hydrogens (tertiary/aromatic N) is 1. The summed E-state index contributed by atoms with van der Waals surface area (Å²) in [5, 5.41) is 0. The van der Waals surface area contributed by atoms with Crippen LogP contribution in [-0.2, 0) is 23.9 Å². The zero-order chi connectivity index (χ0) is 16.1. The van der Waals surface area contributed by atoms with Crippen LogP contribution in [0.3, 0.4) is 0 Å². The second-order valence-corrected chi connectivity index (χ2v) is 4.78. The van der Waals surface area contributed by atoms with Crippen LogP contribution in [0.15, 0.2) is 42.1 Å². The van der Waals surface area contributed by atoms with E-state index in [-0.39, 0.29) is 12.3 Å². The number of carbonyl (C=O) groups is 3. The first-order valence-corrected chi connectivity index (χ1v) is 6.81. The van der Waals surface area contributed by atoms with Gasteiger partial charge in [0.05, 0.1) is 19.8 Å². The van der Waals surface area contributed by atoms with E-state index in [1.807, 2.05) is 6.07 Å². The van der Waals surface area contributed by atoms with Gasteiger partial charge in [-0.3, -0.25) is 4.79 Å². The molecule has 22 heavy (non-hydrogen) atoms. The first-order chi connectivity index (χ1) is 10.6. The number of rotatable bonds is 4. The number of hydrogen-bond acceptors (Lipinski definition) is 5. The lowest BCUT2D eigenvalue weighted by molar-refractivity contribution is -0.151. The Balaban J connectivity index is 2.43. The summed E-state index contributed by atoms with van der Waals surface area (Å²) in [5.74, 6) is -1.32. The quantitative estimate of drug-likeness (QED) is 0.790. The van der Waals surface area contributed by atoms with E-state index in [1.165, 1.54) is 25.3 Å². The van der Waals surface area contributed by atoms with E-state index in [1.54, 1.807) is 24.3 Å². The van der Waals surface area contributed by atoms with Crippen molar-refractivity contribution in [2.75, 3.05) is 14.2 Å². The Morgan fingerprint density at radius 1 is 1.09 bits per heavy atom. The van der Waals surface area contributed by atoms with E-state index in [9.17, 15) is 14.4 Å². The molecule has 0 fully saturated rings. The number of esters is 2. The fourth-order valence-electron chi connectivity index (χ4n) is 2.34. The monoisotopic (exact) mass is 303 g/mol. The van der Waals surface area contributed by atoms with Crippen LogP contribution in [0.5, 0.6) is 0 Å². The summed E-state index contributed by atoms with van der Waals surface area (Å²) >= 11 is 0. The molecule has 0 aromatic heterocycles. The Hall–Kier alpha value is -2.63. The molecule has 2 rings (SSSR count). The fourth-order valence-corrected chi connectivity index (χ4v) is 2.34. The normalized spacial score (nSPS) is 15.8. The molecule has 1 atom stereocenters. The number of amides is 1. The van der Waals surface area contributed by atoms with E-state index < -0.39 is 18.0 Å². The van der Waals surface area contributed by atoms with Crippen LogP contribution in [0.1, 0.15) is 24.4 Å². The molecule has 6 heteroatoms. The molecule has 1 aliphatic rings.